The number of benzene rings is 1. The maximum atomic E-state index is 13.0. The van der Waals surface area contributed by atoms with Crippen molar-refractivity contribution in [3.8, 4) is 5.75 Å². The first-order chi connectivity index (χ1) is 12.2. The molecule has 5 nitrogen and oxygen atoms in total. The van der Waals surface area contributed by atoms with Gasteiger partial charge in [-0.3, -0.25) is 4.79 Å². The summed E-state index contributed by atoms with van der Waals surface area (Å²) in [5.74, 6) is 1.63. The molecular weight excluding hydrogens is 318 g/mol. The number of aliphatic hydroxyl groups is 1. The fraction of sp³-hybridized carbons (Fsp3) is 0.650. The van der Waals surface area contributed by atoms with Gasteiger partial charge >= 0.3 is 0 Å². The van der Waals surface area contributed by atoms with Gasteiger partial charge in [-0.2, -0.15) is 0 Å². The second kappa shape index (κ2) is 7.34. The summed E-state index contributed by atoms with van der Waals surface area (Å²) in [5, 5.41) is 10.3. The van der Waals surface area contributed by atoms with E-state index in [2.05, 4.69) is 0 Å². The van der Waals surface area contributed by atoms with E-state index in [-0.39, 0.29) is 24.0 Å². The van der Waals surface area contributed by atoms with E-state index in [0.717, 1.165) is 37.7 Å². The zero-order valence-corrected chi connectivity index (χ0v) is 14.6. The van der Waals surface area contributed by atoms with Crippen molar-refractivity contribution in [1.82, 2.24) is 4.90 Å². The fourth-order valence-corrected chi connectivity index (χ4v) is 3.96. The molecule has 0 unspecified atom stereocenters. The number of aliphatic hydroxyl groups excluding tert-OH is 1. The Morgan fingerprint density at radius 1 is 1.20 bits per heavy atom. The van der Waals surface area contributed by atoms with Crippen molar-refractivity contribution in [2.24, 2.45) is 11.8 Å². The second-order valence-corrected chi connectivity index (χ2v) is 7.58. The van der Waals surface area contributed by atoms with Gasteiger partial charge < -0.3 is 19.5 Å². The molecule has 0 bridgehead atoms. The normalized spacial score (nSPS) is 29.6. The molecule has 3 fully saturated rings. The number of amides is 1. The molecule has 3 atom stereocenters. The molecule has 1 aromatic rings. The number of nitrogens with zero attached hydrogens (tertiary/aromatic N) is 1. The van der Waals surface area contributed by atoms with Crippen molar-refractivity contribution >= 4 is 5.91 Å². The molecule has 0 spiro atoms. The van der Waals surface area contributed by atoms with Gasteiger partial charge in [0.25, 0.3) is 5.91 Å². The Morgan fingerprint density at radius 2 is 2.00 bits per heavy atom. The van der Waals surface area contributed by atoms with Gasteiger partial charge in [0.15, 0.2) is 0 Å². The molecule has 1 aromatic carbocycles. The molecule has 136 valence electrons. The summed E-state index contributed by atoms with van der Waals surface area (Å²) < 4.78 is 11.3. The van der Waals surface area contributed by atoms with E-state index in [0.29, 0.717) is 25.2 Å². The first kappa shape index (κ1) is 16.9. The highest BCUT2D eigenvalue weighted by Crippen LogP contribution is 2.32. The second-order valence-electron chi connectivity index (χ2n) is 7.58. The smallest absolute Gasteiger partial charge is 0.254 e. The van der Waals surface area contributed by atoms with Crippen LogP contribution in [0.15, 0.2) is 24.3 Å². The molecule has 1 aliphatic carbocycles. The molecule has 4 rings (SSSR count). The highest BCUT2D eigenvalue weighted by atomic mass is 16.5. The number of carbonyl (C=O) groups excluding carboxylic acids is 1. The average Bonchev–Trinajstić information content (AvgIpc) is 3.35. The van der Waals surface area contributed by atoms with E-state index in [1.165, 1.54) is 12.8 Å². The van der Waals surface area contributed by atoms with Crippen LogP contribution >= 0.6 is 0 Å². The van der Waals surface area contributed by atoms with Crippen molar-refractivity contribution in [2.75, 3.05) is 26.4 Å². The molecule has 3 aliphatic rings. The molecule has 0 radical (unpaired) electrons. The van der Waals surface area contributed by atoms with E-state index < -0.39 is 0 Å². The largest absolute Gasteiger partial charge is 0.493 e. The van der Waals surface area contributed by atoms with E-state index >= 15 is 0 Å². The molecular formula is C20H27NO4. The highest BCUT2D eigenvalue weighted by Gasteiger charge is 2.39. The van der Waals surface area contributed by atoms with Crippen LogP contribution in [0.3, 0.4) is 0 Å². The van der Waals surface area contributed by atoms with E-state index in [4.69, 9.17) is 9.47 Å². The third-order valence-corrected chi connectivity index (χ3v) is 5.70. The molecule has 5 heteroatoms. The van der Waals surface area contributed by atoms with Crippen LogP contribution in [0.2, 0.25) is 0 Å². The van der Waals surface area contributed by atoms with Crippen molar-refractivity contribution in [3.05, 3.63) is 29.8 Å². The topological polar surface area (TPSA) is 59.0 Å². The van der Waals surface area contributed by atoms with Gasteiger partial charge in [-0.1, -0.05) is 0 Å². The molecule has 2 heterocycles. The summed E-state index contributed by atoms with van der Waals surface area (Å²) in [7, 11) is 0. The standard InChI is InChI=1S/C20H27NO4/c22-19-9-11-24-13-17(19)18-2-1-10-21(18)20(23)15-5-7-16(8-6-15)25-12-14-3-4-14/h5-8,14,17-19,22H,1-4,9-13H2/t17-,18-,19-/m1/s1. The van der Waals surface area contributed by atoms with Crippen LogP contribution in [-0.2, 0) is 4.74 Å². The van der Waals surface area contributed by atoms with Crippen molar-refractivity contribution in [3.63, 3.8) is 0 Å². The van der Waals surface area contributed by atoms with Crippen molar-refractivity contribution in [1.29, 1.82) is 0 Å². The summed E-state index contributed by atoms with van der Waals surface area (Å²) >= 11 is 0. The summed E-state index contributed by atoms with van der Waals surface area (Å²) in [5.41, 5.74) is 0.692. The van der Waals surface area contributed by atoms with Crippen LogP contribution in [0.5, 0.6) is 5.75 Å². The first-order valence-electron chi connectivity index (χ1n) is 9.52. The van der Waals surface area contributed by atoms with Gasteiger partial charge in [-0.25, -0.2) is 0 Å². The number of rotatable bonds is 5. The van der Waals surface area contributed by atoms with Crippen LogP contribution in [0.1, 0.15) is 42.5 Å². The molecule has 1 N–H and O–H groups in total. The summed E-state index contributed by atoms with van der Waals surface area (Å²) in [4.78, 5) is 14.9. The first-order valence-corrected chi connectivity index (χ1v) is 9.52. The zero-order valence-electron chi connectivity index (χ0n) is 14.6. The maximum absolute atomic E-state index is 13.0. The van der Waals surface area contributed by atoms with E-state index in [1.807, 2.05) is 29.2 Å². The number of ether oxygens (including phenoxy) is 2. The lowest BCUT2D eigenvalue weighted by Gasteiger charge is -2.37. The molecule has 1 amide bonds. The molecule has 1 saturated carbocycles. The molecule has 0 aromatic heterocycles. The zero-order chi connectivity index (χ0) is 17.2. The van der Waals surface area contributed by atoms with Gasteiger partial charge in [-0.15, -0.1) is 0 Å². The summed E-state index contributed by atoms with van der Waals surface area (Å²) in [6, 6.07) is 7.56. The minimum absolute atomic E-state index is 0.0290. The fourth-order valence-electron chi connectivity index (χ4n) is 3.96. The lowest BCUT2D eigenvalue weighted by Crippen LogP contribution is -2.48. The van der Waals surface area contributed by atoms with Gasteiger partial charge in [-0.05, 0) is 62.3 Å². The van der Waals surface area contributed by atoms with Crippen molar-refractivity contribution < 1.29 is 19.4 Å². The molecule has 25 heavy (non-hydrogen) atoms. The van der Waals surface area contributed by atoms with Gasteiger partial charge in [0, 0.05) is 30.7 Å². The number of likely N-dealkylation sites (tertiary alicyclic amines) is 1. The predicted molar refractivity (Wildman–Crippen MR) is 93.7 cm³/mol. The highest BCUT2D eigenvalue weighted by molar-refractivity contribution is 5.94. The average molecular weight is 345 g/mol. The Balaban J connectivity index is 1.41. The van der Waals surface area contributed by atoms with Crippen LogP contribution < -0.4 is 4.74 Å². The molecule has 2 saturated heterocycles. The lowest BCUT2D eigenvalue weighted by molar-refractivity contribution is -0.0589. The number of hydrogen-bond donors (Lipinski definition) is 1. The number of carbonyl (C=O) groups is 1. The third kappa shape index (κ3) is 3.82. The van der Waals surface area contributed by atoms with Crippen LogP contribution in [0.25, 0.3) is 0 Å². The van der Waals surface area contributed by atoms with E-state index in [9.17, 15) is 9.90 Å². The quantitative estimate of drug-likeness (QED) is 0.891. The Bertz CT molecular complexity index is 598. The maximum Gasteiger partial charge on any atom is 0.254 e. The summed E-state index contributed by atoms with van der Waals surface area (Å²) in [6.45, 7) is 2.69. The van der Waals surface area contributed by atoms with Crippen LogP contribution in [-0.4, -0.2) is 54.4 Å². The minimum atomic E-state index is -0.370. The lowest BCUT2D eigenvalue weighted by atomic mass is 9.89. The Hall–Kier alpha value is -1.59. The van der Waals surface area contributed by atoms with Crippen LogP contribution in [0, 0.1) is 11.8 Å². The third-order valence-electron chi connectivity index (χ3n) is 5.70. The monoisotopic (exact) mass is 345 g/mol. The minimum Gasteiger partial charge on any atom is -0.493 e. The molecule has 2 aliphatic heterocycles. The van der Waals surface area contributed by atoms with Crippen molar-refractivity contribution in [2.45, 2.75) is 44.2 Å². The van der Waals surface area contributed by atoms with Gasteiger partial charge in [0.2, 0.25) is 0 Å². The Kier molecular flexibility index (Phi) is 4.95. The Morgan fingerprint density at radius 3 is 2.72 bits per heavy atom. The SMILES string of the molecule is O=C(c1ccc(OCC2CC2)cc1)N1CCC[C@@H]1[C@H]1COCC[C@H]1O. The summed E-state index contributed by atoms with van der Waals surface area (Å²) in [6.07, 6.45) is 4.76. The number of hydrogen-bond acceptors (Lipinski definition) is 4. The van der Waals surface area contributed by atoms with Gasteiger partial charge in [0.05, 0.1) is 19.3 Å². The predicted octanol–water partition coefficient (Wildman–Crippen LogP) is 2.48. The van der Waals surface area contributed by atoms with E-state index in [1.54, 1.807) is 0 Å². The van der Waals surface area contributed by atoms with Gasteiger partial charge in [0.1, 0.15) is 5.75 Å². The Labute approximate surface area is 148 Å². The van der Waals surface area contributed by atoms with Crippen LogP contribution in [0.4, 0.5) is 0 Å².